The first-order valence-electron chi connectivity index (χ1n) is 12.1. The fourth-order valence-electron chi connectivity index (χ4n) is 4.05. The Balaban J connectivity index is 1.51. The molecule has 6 nitrogen and oxygen atoms in total. The molecule has 2 aromatic rings. The zero-order valence-corrected chi connectivity index (χ0v) is 21.1. The molecule has 0 spiro atoms. The molecule has 1 atom stereocenters. The monoisotopic (exact) mass is 483 g/mol. The molecule has 0 saturated carbocycles. The number of alkyl carbamates (subject to hydrolysis) is 1. The van der Waals surface area contributed by atoms with Crippen LogP contribution in [-0.2, 0) is 16.1 Å². The summed E-state index contributed by atoms with van der Waals surface area (Å²) in [5, 5.41) is 2.93. The summed E-state index contributed by atoms with van der Waals surface area (Å²) in [5.41, 5.74) is 0.932. The van der Waals surface area contributed by atoms with Crippen molar-refractivity contribution in [2.45, 2.75) is 43.2 Å². The number of hydrogen-bond acceptors (Lipinski definition) is 5. The van der Waals surface area contributed by atoms with Crippen LogP contribution in [-0.4, -0.2) is 67.3 Å². The topological polar surface area (TPSA) is 61.9 Å². The van der Waals surface area contributed by atoms with Gasteiger partial charge in [0.25, 0.3) is 0 Å². The molecule has 2 amide bonds. The van der Waals surface area contributed by atoms with Crippen LogP contribution in [0.15, 0.2) is 65.6 Å². The normalized spacial score (nSPS) is 15.2. The molecule has 0 radical (unpaired) electrons. The van der Waals surface area contributed by atoms with E-state index in [4.69, 9.17) is 4.74 Å². The number of nitrogens with zero attached hydrogens (tertiary/aromatic N) is 2. The average Bonchev–Trinajstić information content (AvgIpc) is 2.86. The van der Waals surface area contributed by atoms with Crippen molar-refractivity contribution in [3.8, 4) is 0 Å². The van der Waals surface area contributed by atoms with Gasteiger partial charge in [0.05, 0.1) is 6.04 Å². The van der Waals surface area contributed by atoms with Crippen LogP contribution in [0.3, 0.4) is 0 Å². The van der Waals surface area contributed by atoms with Crippen molar-refractivity contribution in [1.29, 1.82) is 0 Å². The molecular weight excluding hydrogens is 446 g/mol. The molecule has 3 rings (SSSR count). The van der Waals surface area contributed by atoms with Crippen molar-refractivity contribution < 1.29 is 14.3 Å². The Labute approximate surface area is 208 Å². The number of rotatable bonds is 11. The molecule has 1 aliphatic heterocycles. The molecule has 0 aliphatic carbocycles. The van der Waals surface area contributed by atoms with Crippen LogP contribution in [0.4, 0.5) is 4.79 Å². The van der Waals surface area contributed by atoms with Crippen LogP contribution < -0.4 is 5.32 Å². The van der Waals surface area contributed by atoms with Crippen LogP contribution in [0.25, 0.3) is 0 Å². The molecule has 1 aliphatic rings. The SMILES string of the molecule is CN(C)CCC1CCN(C(=O)C[C@H](CSc2ccccc2)NC(=O)OCc2ccccc2)CC1. The number of amides is 2. The molecule has 0 bridgehead atoms. The van der Waals surface area contributed by atoms with Crippen molar-refractivity contribution in [3.05, 3.63) is 66.2 Å². The van der Waals surface area contributed by atoms with E-state index < -0.39 is 6.09 Å². The van der Waals surface area contributed by atoms with E-state index in [0.717, 1.165) is 42.9 Å². The molecule has 1 fully saturated rings. The minimum Gasteiger partial charge on any atom is -0.445 e. The third kappa shape index (κ3) is 9.39. The first-order chi connectivity index (χ1) is 16.5. The summed E-state index contributed by atoms with van der Waals surface area (Å²) < 4.78 is 5.41. The highest BCUT2D eigenvalue weighted by molar-refractivity contribution is 7.99. The fraction of sp³-hybridized carbons (Fsp3) is 0.481. The largest absolute Gasteiger partial charge is 0.445 e. The Hall–Kier alpha value is -2.51. The smallest absolute Gasteiger partial charge is 0.407 e. The molecule has 1 N–H and O–H groups in total. The number of likely N-dealkylation sites (tertiary alicyclic amines) is 1. The summed E-state index contributed by atoms with van der Waals surface area (Å²) in [4.78, 5) is 30.9. The van der Waals surface area contributed by atoms with E-state index in [9.17, 15) is 9.59 Å². The van der Waals surface area contributed by atoms with E-state index in [1.54, 1.807) is 11.8 Å². The first-order valence-corrected chi connectivity index (χ1v) is 13.1. The quantitative estimate of drug-likeness (QED) is 0.471. The van der Waals surface area contributed by atoms with Crippen molar-refractivity contribution in [2.24, 2.45) is 5.92 Å². The van der Waals surface area contributed by atoms with Gasteiger partial charge < -0.3 is 19.9 Å². The summed E-state index contributed by atoms with van der Waals surface area (Å²) in [6.07, 6.45) is 3.08. The van der Waals surface area contributed by atoms with Gasteiger partial charge in [-0.15, -0.1) is 11.8 Å². The third-order valence-corrected chi connectivity index (χ3v) is 7.28. The molecule has 1 heterocycles. The van der Waals surface area contributed by atoms with Gasteiger partial charge in [-0.25, -0.2) is 4.79 Å². The lowest BCUT2D eigenvalue weighted by molar-refractivity contribution is -0.133. The number of nitrogens with one attached hydrogen (secondary N) is 1. The molecule has 184 valence electrons. The van der Waals surface area contributed by atoms with Crippen LogP contribution in [0.1, 0.15) is 31.2 Å². The van der Waals surface area contributed by atoms with Crippen LogP contribution in [0.2, 0.25) is 0 Å². The predicted octanol–water partition coefficient (Wildman–Crippen LogP) is 4.65. The lowest BCUT2D eigenvalue weighted by Crippen LogP contribution is -2.44. The van der Waals surface area contributed by atoms with Gasteiger partial charge in [0.2, 0.25) is 5.91 Å². The van der Waals surface area contributed by atoms with Gasteiger partial charge in [0, 0.05) is 30.2 Å². The Bertz CT molecular complexity index is 871. The molecular formula is C27H37N3O3S. The number of carbonyl (C=O) groups excluding carboxylic acids is 2. The fourth-order valence-corrected chi connectivity index (χ4v) is 4.99. The maximum absolute atomic E-state index is 13.1. The van der Waals surface area contributed by atoms with Gasteiger partial charge in [0.15, 0.2) is 0 Å². The predicted molar refractivity (Wildman–Crippen MR) is 138 cm³/mol. The highest BCUT2D eigenvalue weighted by Gasteiger charge is 2.26. The number of benzene rings is 2. The van der Waals surface area contributed by atoms with E-state index in [0.29, 0.717) is 11.7 Å². The van der Waals surface area contributed by atoms with Crippen molar-refractivity contribution in [2.75, 3.05) is 39.5 Å². The van der Waals surface area contributed by atoms with Gasteiger partial charge >= 0.3 is 6.09 Å². The van der Waals surface area contributed by atoms with Crippen LogP contribution in [0.5, 0.6) is 0 Å². The summed E-state index contributed by atoms with van der Waals surface area (Å²) in [6.45, 7) is 2.90. The number of thioether (sulfide) groups is 1. The summed E-state index contributed by atoms with van der Waals surface area (Å²) >= 11 is 1.64. The zero-order valence-electron chi connectivity index (χ0n) is 20.3. The van der Waals surface area contributed by atoms with Crippen molar-refractivity contribution in [1.82, 2.24) is 15.1 Å². The standard InChI is InChI=1S/C27H37N3O3S/c1-29(2)16-13-22-14-17-30(18-15-22)26(31)19-24(21-34-25-11-7-4-8-12-25)28-27(32)33-20-23-9-5-3-6-10-23/h3-12,22,24H,13-21H2,1-2H3,(H,28,32)/t24-/m1/s1. The van der Waals surface area contributed by atoms with Gasteiger partial charge in [0.1, 0.15) is 6.61 Å². The molecule has 2 aromatic carbocycles. The summed E-state index contributed by atoms with van der Waals surface area (Å²) in [5.74, 6) is 1.39. The second kappa shape index (κ2) is 14.0. The number of ether oxygens (including phenoxy) is 1. The van der Waals surface area contributed by atoms with Gasteiger partial charge in [-0.3, -0.25) is 4.79 Å². The van der Waals surface area contributed by atoms with Crippen LogP contribution >= 0.6 is 11.8 Å². The van der Waals surface area contributed by atoms with Crippen molar-refractivity contribution in [3.63, 3.8) is 0 Å². The Morgan fingerprint density at radius 2 is 1.71 bits per heavy atom. The van der Waals surface area contributed by atoms with Gasteiger partial charge in [-0.2, -0.15) is 0 Å². The average molecular weight is 484 g/mol. The molecule has 0 aromatic heterocycles. The minimum atomic E-state index is -0.488. The molecule has 7 heteroatoms. The second-order valence-electron chi connectivity index (χ2n) is 9.15. The number of piperidine rings is 1. The molecule has 34 heavy (non-hydrogen) atoms. The lowest BCUT2D eigenvalue weighted by atomic mass is 9.93. The van der Waals surface area contributed by atoms with Gasteiger partial charge in [-0.05, 0) is 63.5 Å². The summed E-state index contributed by atoms with van der Waals surface area (Å²) in [6, 6.07) is 19.3. The van der Waals surface area contributed by atoms with Gasteiger partial charge in [-0.1, -0.05) is 48.5 Å². The van der Waals surface area contributed by atoms with Crippen LogP contribution in [0, 0.1) is 5.92 Å². The number of carbonyl (C=O) groups is 2. The Morgan fingerprint density at radius 3 is 2.35 bits per heavy atom. The second-order valence-corrected chi connectivity index (χ2v) is 10.2. The molecule has 0 unspecified atom stereocenters. The highest BCUT2D eigenvalue weighted by Crippen LogP contribution is 2.23. The highest BCUT2D eigenvalue weighted by atomic mass is 32.2. The third-order valence-electron chi connectivity index (χ3n) is 6.10. The maximum Gasteiger partial charge on any atom is 0.407 e. The van der Waals surface area contributed by atoms with E-state index in [2.05, 4.69) is 24.3 Å². The zero-order chi connectivity index (χ0) is 24.2. The Kier molecular flexibility index (Phi) is 10.8. The van der Waals surface area contributed by atoms with Crippen molar-refractivity contribution >= 4 is 23.8 Å². The Morgan fingerprint density at radius 1 is 1.06 bits per heavy atom. The molecule has 1 saturated heterocycles. The van der Waals surface area contributed by atoms with E-state index in [1.807, 2.05) is 65.6 Å². The number of hydrogen-bond donors (Lipinski definition) is 1. The minimum absolute atomic E-state index is 0.105. The lowest BCUT2D eigenvalue weighted by Gasteiger charge is -2.33. The van der Waals surface area contributed by atoms with E-state index in [1.165, 1.54) is 6.42 Å². The first kappa shape index (κ1) is 26.1. The summed E-state index contributed by atoms with van der Waals surface area (Å²) in [7, 11) is 4.20. The maximum atomic E-state index is 13.1. The van der Waals surface area contributed by atoms with E-state index in [-0.39, 0.29) is 25.0 Å². The van der Waals surface area contributed by atoms with E-state index >= 15 is 0 Å².